The van der Waals surface area contributed by atoms with Crippen molar-refractivity contribution in [1.29, 1.82) is 0 Å². The summed E-state index contributed by atoms with van der Waals surface area (Å²) in [5, 5.41) is 3.57. The molecular weight excluding hydrogens is 248 g/mol. The zero-order chi connectivity index (χ0) is 14.4. The molecule has 1 aliphatic carbocycles. The number of ether oxygens (including phenoxy) is 1. The molecule has 20 heavy (non-hydrogen) atoms. The van der Waals surface area contributed by atoms with Crippen LogP contribution >= 0.6 is 0 Å². The van der Waals surface area contributed by atoms with Gasteiger partial charge in [-0.3, -0.25) is 0 Å². The third-order valence-corrected chi connectivity index (χ3v) is 5.64. The fraction of sp³-hybridized carbons (Fsp3) is 1.00. The number of hydrogen-bond donors (Lipinski definition) is 1. The van der Waals surface area contributed by atoms with Crippen molar-refractivity contribution in [2.45, 2.75) is 51.5 Å². The summed E-state index contributed by atoms with van der Waals surface area (Å²) in [7, 11) is 3.98. The molecule has 2 aliphatic rings. The van der Waals surface area contributed by atoms with Crippen LogP contribution in [0.1, 0.15) is 45.4 Å². The lowest BCUT2D eigenvalue weighted by atomic mass is 9.76. The Hall–Kier alpha value is -0.120. The van der Waals surface area contributed by atoms with Crippen LogP contribution in [0.25, 0.3) is 0 Å². The maximum absolute atomic E-state index is 5.30. The number of nitrogens with zero attached hydrogens (tertiary/aromatic N) is 1. The fourth-order valence-corrected chi connectivity index (χ4v) is 4.22. The van der Waals surface area contributed by atoms with E-state index < -0.39 is 0 Å². The minimum atomic E-state index is 0.745. The van der Waals surface area contributed by atoms with E-state index in [9.17, 15) is 0 Å². The van der Waals surface area contributed by atoms with Crippen molar-refractivity contribution in [3.63, 3.8) is 0 Å². The molecule has 0 bridgehead atoms. The third kappa shape index (κ3) is 4.44. The smallest absolute Gasteiger partial charge is 0.0491 e. The molecule has 1 N–H and O–H groups in total. The molecule has 118 valence electrons. The van der Waals surface area contributed by atoms with Crippen LogP contribution in [0.3, 0.4) is 0 Å². The lowest BCUT2D eigenvalue weighted by molar-refractivity contribution is 0.0778. The van der Waals surface area contributed by atoms with Gasteiger partial charge in [0.25, 0.3) is 0 Å². The Labute approximate surface area is 125 Å². The van der Waals surface area contributed by atoms with Crippen molar-refractivity contribution in [3.8, 4) is 0 Å². The van der Waals surface area contributed by atoms with Gasteiger partial charge in [-0.25, -0.2) is 0 Å². The van der Waals surface area contributed by atoms with Crippen LogP contribution in [0.15, 0.2) is 0 Å². The van der Waals surface area contributed by atoms with E-state index in [2.05, 4.69) is 24.2 Å². The van der Waals surface area contributed by atoms with Gasteiger partial charge in [-0.2, -0.15) is 0 Å². The molecule has 2 rings (SSSR count). The van der Waals surface area contributed by atoms with Gasteiger partial charge in [0, 0.05) is 26.3 Å². The predicted molar refractivity (Wildman–Crippen MR) is 85.0 cm³/mol. The van der Waals surface area contributed by atoms with Crippen molar-refractivity contribution in [3.05, 3.63) is 0 Å². The number of methoxy groups -OCH3 is 1. The van der Waals surface area contributed by atoms with E-state index in [-0.39, 0.29) is 0 Å². The Morgan fingerprint density at radius 3 is 2.45 bits per heavy atom. The predicted octanol–water partition coefficient (Wildman–Crippen LogP) is 2.76. The Kier molecular flexibility index (Phi) is 6.79. The molecule has 3 heteroatoms. The zero-order valence-corrected chi connectivity index (χ0v) is 13.7. The van der Waals surface area contributed by atoms with E-state index in [1.54, 1.807) is 0 Å². The summed E-state index contributed by atoms with van der Waals surface area (Å²) in [6, 6.07) is 0.745. The molecule has 1 aliphatic heterocycles. The maximum atomic E-state index is 5.30. The van der Waals surface area contributed by atoms with Crippen molar-refractivity contribution in [1.82, 2.24) is 10.2 Å². The molecule has 0 aromatic rings. The zero-order valence-electron chi connectivity index (χ0n) is 13.7. The second-order valence-corrected chi connectivity index (χ2v) is 6.94. The first-order valence-corrected chi connectivity index (χ1v) is 8.65. The average Bonchev–Trinajstić information content (AvgIpc) is 2.49. The van der Waals surface area contributed by atoms with Gasteiger partial charge in [0.2, 0.25) is 0 Å². The quantitative estimate of drug-likeness (QED) is 0.811. The second-order valence-electron chi connectivity index (χ2n) is 6.94. The monoisotopic (exact) mass is 282 g/mol. The van der Waals surface area contributed by atoms with Crippen LogP contribution < -0.4 is 5.32 Å². The van der Waals surface area contributed by atoms with Gasteiger partial charge in [0.15, 0.2) is 0 Å². The first kappa shape index (κ1) is 16.3. The Morgan fingerprint density at radius 1 is 1.10 bits per heavy atom. The van der Waals surface area contributed by atoms with Crippen molar-refractivity contribution in [2.24, 2.45) is 17.8 Å². The SMILES string of the molecule is CCC1CCC(NC)C(CN2CCC(COC)CC2)C1. The molecule has 0 amide bonds. The Morgan fingerprint density at radius 2 is 1.85 bits per heavy atom. The van der Waals surface area contributed by atoms with E-state index >= 15 is 0 Å². The third-order valence-electron chi connectivity index (χ3n) is 5.64. The van der Waals surface area contributed by atoms with E-state index in [1.807, 2.05) is 7.11 Å². The fourth-order valence-electron chi connectivity index (χ4n) is 4.22. The van der Waals surface area contributed by atoms with Gasteiger partial charge < -0.3 is 15.0 Å². The number of rotatable bonds is 6. The summed E-state index contributed by atoms with van der Waals surface area (Å²) in [5.41, 5.74) is 0. The van der Waals surface area contributed by atoms with Crippen LogP contribution in [0.4, 0.5) is 0 Å². The van der Waals surface area contributed by atoms with E-state index in [1.165, 1.54) is 58.2 Å². The van der Waals surface area contributed by atoms with Gasteiger partial charge >= 0.3 is 0 Å². The summed E-state index contributed by atoms with van der Waals surface area (Å²) in [4.78, 5) is 2.71. The largest absolute Gasteiger partial charge is 0.384 e. The van der Waals surface area contributed by atoms with E-state index in [4.69, 9.17) is 4.74 Å². The van der Waals surface area contributed by atoms with Crippen molar-refractivity contribution in [2.75, 3.05) is 40.4 Å². The molecule has 0 spiro atoms. The van der Waals surface area contributed by atoms with Crippen LogP contribution in [0.5, 0.6) is 0 Å². The molecule has 2 fully saturated rings. The molecule has 1 saturated carbocycles. The minimum Gasteiger partial charge on any atom is -0.384 e. The second kappa shape index (κ2) is 8.35. The summed E-state index contributed by atoms with van der Waals surface area (Å²) < 4.78 is 5.30. The topological polar surface area (TPSA) is 24.5 Å². The Balaban J connectivity index is 1.79. The summed E-state index contributed by atoms with van der Waals surface area (Å²) in [6.07, 6.45) is 8.24. The maximum Gasteiger partial charge on any atom is 0.0491 e. The average molecular weight is 282 g/mol. The van der Waals surface area contributed by atoms with Crippen molar-refractivity contribution >= 4 is 0 Å². The molecule has 0 radical (unpaired) electrons. The minimum absolute atomic E-state index is 0.745. The molecule has 3 atom stereocenters. The molecule has 0 aromatic heterocycles. The highest BCUT2D eigenvalue weighted by atomic mass is 16.5. The van der Waals surface area contributed by atoms with E-state index in [0.717, 1.165) is 30.4 Å². The number of nitrogens with one attached hydrogen (secondary N) is 1. The standard InChI is InChI=1S/C17H34N2O/c1-4-14-5-6-17(18-2)16(11-14)12-19-9-7-15(8-10-19)13-20-3/h14-18H,4-13H2,1-3H3. The first-order valence-electron chi connectivity index (χ1n) is 8.65. The highest BCUT2D eigenvalue weighted by molar-refractivity contribution is 4.86. The number of likely N-dealkylation sites (tertiary alicyclic amines) is 1. The van der Waals surface area contributed by atoms with Crippen LogP contribution in [0.2, 0.25) is 0 Å². The lowest BCUT2D eigenvalue weighted by Gasteiger charge is -2.40. The van der Waals surface area contributed by atoms with Gasteiger partial charge in [-0.05, 0) is 70.0 Å². The molecular formula is C17H34N2O. The lowest BCUT2D eigenvalue weighted by Crippen LogP contribution is -2.46. The number of hydrogen-bond acceptors (Lipinski definition) is 3. The molecule has 3 unspecified atom stereocenters. The molecule has 1 heterocycles. The first-order chi connectivity index (χ1) is 9.76. The Bertz CT molecular complexity index is 264. The highest BCUT2D eigenvalue weighted by Crippen LogP contribution is 2.32. The highest BCUT2D eigenvalue weighted by Gasteiger charge is 2.31. The molecule has 1 saturated heterocycles. The summed E-state index contributed by atoms with van der Waals surface area (Å²) in [5.74, 6) is 2.62. The van der Waals surface area contributed by atoms with Gasteiger partial charge in [0.1, 0.15) is 0 Å². The van der Waals surface area contributed by atoms with Gasteiger partial charge in [-0.15, -0.1) is 0 Å². The van der Waals surface area contributed by atoms with Crippen LogP contribution in [-0.2, 0) is 4.74 Å². The van der Waals surface area contributed by atoms with Gasteiger partial charge in [0.05, 0.1) is 0 Å². The summed E-state index contributed by atoms with van der Waals surface area (Å²) >= 11 is 0. The molecule has 0 aromatic carbocycles. The molecule has 3 nitrogen and oxygen atoms in total. The van der Waals surface area contributed by atoms with Crippen LogP contribution in [0, 0.1) is 17.8 Å². The van der Waals surface area contributed by atoms with Gasteiger partial charge in [-0.1, -0.05) is 13.3 Å². The van der Waals surface area contributed by atoms with E-state index in [0.29, 0.717) is 0 Å². The normalized spacial score (nSPS) is 33.5. The van der Waals surface area contributed by atoms with Crippen molar-refractivity contribution < 1.29 is 4.74 Å². The van der Waals surface area contributed by atoms with Crippen LogP contribution in [-0.4, -0.2) is 51.3 Å². The number of piperidine rings is 1. The summed E-state index contributed by atoms with van der Waals surface area (Å²) in [6.45, 7) is 7.17.